The van der Waals surface area contributed by atoms with Crippen LogP contribution in [0.15, 0.2) is 51.7 Å². The van der Waals surface area contributed by atoms with Crippen LogP contribution in [0.2, 0.25) is 5.02 Å². The average molecular weight is 343 g/mol. The minimum absolute atomic E-state index is 0.0591. The van der Waals surface area contributed by atoms with Gasteiger partial charge in [0.2, 0.25) is 11.2 Å². The van der Waals surface area contributed by atoms with E-state index in [1.807, 2.05) is 24.3 Å². The zero-order valence-electron chi connectivity index (χ0n) is 14.1. The van der Waals surface area contributed by atoms with Crippen molar-refractivity contribution in [2.24, 2.45) is 0 Å². The van der Waals surface area contributed by atoms with E-state index in [1.54, 1.807) is 18.2 Å². The second-order valence-corrected chi connectivity index (χ2v) is 7.20. The fraction of sp³-hybridized carbons (Fsp3) is 0.250. The molecule has 0 aliphatic rings. The van der Waals surface area contributed by atoms with Crippen LogP contribution < -0.4 is 10.2 Å². The molecule has 0 bridgehead atoms. The van der Waals surface area contributed by atoms with Gasteiger partial charge in [0.15, 0.2) is 5.76 Å². The highest BCUT2D eigenvalue weighted by Gasteiger charge is 2.18. The Morgan fingerprint density at radius 2 is 1.71 bits per heavy atom. The number of hydrogen-bond acceptors (Lipinski definition) is 3. The second kappa shape index (κ2) is 5.99. The summed E-state index contributed by atoms with van der Waals surface area (Å²) >= 11 is 5.98. The monoisotopic (exact) mass is 342 g/mol. The van der Waals surface area contributed by atoms with E-state index >= 15 is 0 Å². The van der Waals surface area contributed by atoms with Gasteiger partial charge in [0.25, 0.3) is 0 Å². The Hall–Kier alpha value is -2.26. The van der Waals surface area contributed by atoms with Crippen LogP contribution in [0.5, 0.6) is 5.75 Å². The maximum Gasteiger partial charge on any atom is 0.235 e. The normalized spacial score (nSPS) is 11.7. The van der Waals surface area contributed by atoms with Gasteiger partial charge in [-0.25, -0.2) is 0 Å². The zero-order valence-corrected chi connectivity index (χ0v) is 14.9. The molecule has 4 heteroatoms. The number of ether oxygens (including phenoxy) is 1. The SMILES string of the molecule is COc1c(-c2ccc(C(C)(C)C)cc2)oc2ccc(Cl)cc2c1=O. The number of benzene rings is 2. The molecule has 3 rings (SSSR count). The molecule has 0 saturated heterocycles. The first-order valence-electron chi connectivity index (χ1n) is 7.72. The molecule has 0 fully saturated rings. The third-order valence-electron chi connectivity index (χ3n) is 4.03. The van der Waals surface area contributed by atoms with E-state index in [1.165, 1.54) is 12.7 Å². The van der Waals surface area contributed by atoms with Crippen molar-refractivity contribution in [1.29, 1.82) is 0 Å². The number of fused-ring (bicyclic) bond motifs is 1. The van der Waals surface area contributed by atoms with Crippen molar-refractivity contribution in [3.05, 3.63) is 63.3 Å². The standard InChI is InChI=1S/C20H19ClO3/c1-20(2,3)13-7-5-12(6-8-13)18-19(23-4)17(22)15-11-14(21)9-10-16(15)24-18/h5-11H,1-4H3. The van der Waals surface area contributed by atoms with Crippen molar-refractivity contribution in [3.8, 4) is 17.1 Å². The average Bonchev–Trinajstić information content (AvgIpc) is 2.54. The van der Waals surface area contributed by atoms with Crippen LogP contribution in [0, 0.1) is 0 Å². The Morgan fingerprint density at radius 3 is 2.29 bits per heavy atom. The summed E-state index contributed by atoms with van der Waals surface area (Å²) in [6.45, 7) is 6.47. The van der Waals surface area contributed by atoms with E-state index in [0.717, 1.165) is 5.56 Å². The van der Waals surface area contributed by atoms with Crippen molar-refractivity contribution in [3.63, 3.8) is 0 Å². The maximum absolute atomic E-state index is 12.7. The van der Waals surface area contributed by atoms with Crippen molar-refractivity contribution >= 4 is 22.6 Å². The Labute approximate surface area is 145 Å². The zero-order chi connectivity index (χ0) is 17.5. The summed E-state index contributed by atoms with van der Waals surface area (Å²) in [6, 6.07) is 13.0. The van der Waals surface area contributed by atoms with Gasteiger partial charge in [-0.15, -0.1) is 0 Å². The molecule has 0 N–H and O–H groups in total. The largest absolute Gasteiger partial charge is 0.490 e. The van der Waals surface area contributed by atoms with Gasteiger partial charge in [-0.05, 0) is 29.2 Å². The van der Waals surface area contributed by atoms with Crippen molar-refractivity contribution in [1.82, 2.24) is 0 Å². The lowest BCUT2D eigenvalue weighted by Gasteiger charge is -2.19. The van der Waals surface area contributed by atoms with E-state index in [4.69, 9.17) is 20.8 Å². The first-order chi connectivity index (χ1) is 11.3. The molecule has 0 aliphatic heterocycles. The molecule has 1 heterocycles. The van der Waals surface area contributed by atoms with Gasteiger partial charge in [0.05, 0.1) is 12.5 Å². The van der Waals surface area contributed by atoms with Gasteiger partial charge in [-0.3, -0.25) is 4.79 Å². The molecule has 3 nitrogen and oxygen atoms in total. The molecule has 124 valence electrons. The van der Waals surface area contributed by atoms with Crippen LogP contribution in [-0.2, 0) is 5.41 Å². The molecule has 0 spiro atoms. The third kappa shape index (κ3) is 2.92. The van der Waals surface area contributed by atoms with Gasteiger partial charge < -0.3 is 9.15 Å². The molecule has 0 unspecified atom stereocenters. The lowest BCUT2D eigenvalue weighted by atomic mass is 9.86. The first-order valence-corrected chi connectivity index (χ1v) is 8.10. The Balaban J connectivity index is 2.22. The molecular weight excluding hydrogens is 324 g/mol. The van der Waals surface area contributed by atoms with E-state index < -0.39 is 0 Å². The lowest BCUT2D eigenvalue weighted by Crippen LogP contribution is -2.11. The predicted octanol–water partition coefficient (Wildman–Crippen LogP) is 5.42. The molecule has 0 saturated carbocycles. The summed E-state index contributed by atoms with van der Waals surface area (Å²) in [5.74, 6) is 0.617. The topological polar surface area (TPSA) is 39.4 Å². The smallest absolute Gasteiger partial charge is 0.235 e. The summed E-state index contributed by atoms with van der Waals surface area (Å²) in [5, 5.41) is 0.897. The van der Waals surface area contributed by atoms with Gasteiger partial charge in [-0.1, -0.05) is 56.6 Å². The van der Waals surface area contributed by atoms with Crippen LogP contribution in [0.1, 0.15) is 26.3 Å². The third-order valence-corrected chi connectivity index (χ3v) is 4.26. The predicted molar refractivity (Wildman–Crippen MR) is 98.2 cm³/mol. The molecule has 3 aromatic rings. The van der Waals surface area contributed by atoms with Gasteiger partial charge >= 0.3 is 0 Å². The van der Waals surface area contributed by atoms with Crippen LogP contribution in [-0.4, -0.2) is 7.11 Å². The highest BCUT2D eigenvalue weighted by Crippen LogP contribution is 2.33. The van der Waals surface area contributed by atoms with Crippen LogP contribution >= 0.6 is 11.6 Å². The summed E-state index contributed by atoms with van der Waals surface area (Å²) in [6.07, 6.45) is 0. The summed E-state index contributed by atoms with van der Waals surface area (Å²) < 4.78 is 11.3. The molecule has 1 aromatic heterocycles. The molecule has 24 heavy (non-hydrogen) atoms. The maximum atomic E-state index is 12.7. The quantitative estimate of drug-likeness (QED) is 0.624. The van der Waals surface area contributed by atoms with Gasteiger partial charge in [0, 0.05) is 10.6 Å². The number of methoxy groups -OCH3 is 1. The van der Waals surface area contributed by atoms with Gasteiger partial charge in [-0.2, -0.15) is 0 Å². The Bertz CT molecular complexity index is 948. The van der Waals surface area contributed by atoms with Gasteiger partial charge in [0.1, 0.15) is 5.58 Å². The fourth-order valence-electron chi connectivity index (χ4n) is 2.65. The van der Waals surface area contributed by atoms with E-state index in [2.05, 4.69) is 20.8 Å². The number of hydrogen-bond donors (Lipinski definition) is 0. The van der Waals surface area contributed by atoms with E-state index in [0.29, 0.717) is 21.8 Å². The van der Waals surface area contributed by atoms with E-state index in [9.17, 15) is 4.79 Å². The Kier molecular flexibility index (Phi) is 4.14. The first kappa shape index (κ1) is 16.6. The van der Waals surface area contributed by atoms with Crippen LogP contribution in [0.25, 0.3) is 22.3 Å². The minimum Gasteiger partial charge on any atom is -0.490 e. The summed E-state index contributed by atoms with van der Waals surface area (Å²) in [5.41, 5.74) is 2.33. The Morgan fingerprint density at radius 1 is 1.04 bits per heavy atom. The molecule has 2 aromatic carbocycles. The van der Waals surface area contributed by atoms with Crippen LogP contribution in [0.3, 0.4) is 0 Å². The van der Waals surface area contributed by atoms with E-state index in [-0.39, 0.29) is 16.6 Å². The second-order valence-electron chi connectivity index (χ2n) is 6.76. The summed E-state index contributed by atoms with van der Waals surface area (Å²) in [4.78, 5) is 12.7. The molecule has 0 radical (unpaired) electrons. The van der Waals surface area contributed by atoms with Crippen molar-refractivity contribution in [2.75, 3.05) is 7.11 Å². The van der Waals surface area contributed by atoms with Crippen molar-refractivity contribution < 1.29 is 9.15 Å². The molecule has 0 amide bonds. The number of rotatable bonds is 2. The summed E-state index contributed by atoms with van der Waals surface area (Å²) in [7, 11) is 1.47. The lowest BCUT2D eigenvalue weighted by molar-refractivity contribution is 0.398. The highest BCUT2D eigenvalue weighted by atomic mass is 35.5. The number of halogens is 1. The van der Waals surface area contributed by atoms with Crippen LogP contribution in [0.4, 0.5) is 0 Å². The fourth-order valence-corrected chi connectivity index (χ4v) is 2.82. The molecule has 0 atom stereocenters. The molecular formula is C20H19ClO3. The van der Waals surface area contributed by atoms with Crippen molar-refractivity contribution in [2.45, 2.75) is 26.2 Å². The molecule has 0 aliphatic carbocycles. The minimum atomic E-state index is -0.226. The highest BCUT2D eigenvalue weighted by molar-refractivity contribution is 6.31.